The number of hydrogen-bond donors (Lipinski definition) is 0. The highest BCUT2D eigenvalue weighted by Crippen LogP contribution is 2.44. The zero-order valence-electron chi connectivity index (χ0n) is 26.1. The summed E-state index contributed by atoms with van der Waals surface area (Å²) in [7, 11) is 0. The van der Waals surface area contributed by atoms with Gasteiger partial charge in [-0.05, 0) is 42.4 Å². The second kappa shape index (κ2) is 10.4. The summed E-state index contributed by atoms with van der Waals surface area (Å²) < 4.78 is 0. The lowest BCUT2D eigenvalue weighted by Gasteiger charge is -2.35. The number of aryl methyl sites for hydroxylation is 2. The Hall–Kier alpha value is -2.33. The summed E-state index contributed by atoms with van der Waals surface area (Å²) in [5.74, 6) is 1.46. The molecule has 0 aliphatic carbocycles. The predicted octanol–water partition coefficient (Wildman–Crippen LogP) is 8.58. The third-order valence-corrected chi connectivity index (χ3v) is 6.55. The van der Waals surface area contributed by atoms with Gasteiger partial charge in [0.25, 0.3) is 0 Å². The normalized spacial score (nSPS) is 14.1. The van der Waals surface area contributed by atoms with E-state index in [4.69, 9.17) is 9.68 Å². The maximum absolute atomic E-state index is 12.0. The molecule has 0 heterocycles. The van der Waals surface area contributed by atoms with Gasteiger partial charge in [-0.2, -0.15) is 0 Å². The van der Waals surface area contributed by atoms with Crippen LogP contribution in [-0.2, 0) is 26.5 Å². The number of hydrogen-bond acceptors (Lipinski definition) is 4. The molecule has 0 saturated carbocycles. The summed E-state index contributed by atoms with van der Waals surface area (Å²) in [6, 6.07) is 7.93. The number of benzene rings is 2. The average molecular weight is 509 g/mol. The molecule has 37 heavy (non-hydrogen) atoms. The molecule has 0 spiro atoms. The van der Waals surface area contributed by atoms with Gasteiger partial charge in [-0.1, -0.05) is 118 Å². The van der Waals surface area contributed by atoms with E-state index < -0.39 is 6.04 Å². The minimum absolute atomic E-state index is 0.182. The minimum atomic E-state index is -0.760. The molecule has 2 aromatic carbocycles. The zero-order valence-corrected chi connectivity index (χ0v) is 26.1. The van der Waals surface area contributed by atoms with Crippen LogP contribution in [0.4, 0.5) is 0 Å². The summed E-state index contributed by atoms with van der Waals surface area (Å²) in [5, 5.41) is 1.34. The zero-order chi connectivity index (χ0) is 28.7. The number of carbonyl (C=O) groups excluding carboxylic acids is 1. The monoisotopic (exact) mass is 508 g/mol. The van der Waals surface area contributed by atoms with Crippen LogP contribution in [0.1, 0.15) is 123 Å². The standard InChI is InChI=1S/C33H50NO3/c1-21-16-24(30(4,5)6)28(25(17-21)31(7,8)9)36-34(23(3)20-35)37-29-26(32(10,11)12)18-22(2)19-27(29)33(13,14)15/h16-19,23H,1-15H3. The van der Waals surface area contributed by atoms with Crippen molar-refractivity contribution >= 4 is 6.29 Å². The fraction of sp³-hybridized carbons (Fsp3) is 0.606. The fourth-order valence-corrected chi connectivity index (χ4v) is 4.37. The minimum Gasteiger partial charge on any atom is -0.370 e. The van der Waals surface area contributed by atoms with Gasteiger partial charge in [-0.15, -0.1) is 0 Å². The van der Waals surface area contributed by atoms with E-state index in [9.17, 15) is 4.79 Å². The maximum Gasteiger partial charge on any atom is 0.224 e. The second-order valence-electron chi connectivity index (χ2n) is 14.6. The van der Waals surface area contributed by atoms with Gasteiger partial charge >= 0.3 is 0 Å². The molecule has 0 aliphatic heterocycles. The van der Waals surface area contributed by atoms with Gasteiger partial charge in [0.2, 0.25) is 6.29 Å². The quantitative estimate of drug-likeness (QED) is 0.366. The van der Waals surface area contributed by atoms with E-state index in [1.165, 1.54) is 16.4 Å². The first-order chi connectivity index (χ1) is 16.6. The molecule has 2 rings (SSSR count). The molecule has 1 atom stereocenters. The molecule has 0 aromatic heterocycles. The van der Waals surface area contributed by atoms with Crippen molar-refractivity contribution in [1.29, 1.82) is 0 Å². The average Bonchev–Trinajstić information content (AvgIpc) is 2.71. The van der Waals surface area contributed by atoms with Crippen molar-refractivity contribution < 1.29 is 14.5 Å². The van der Waals surface area contributed by atoms with Crippen molar-refractivity contribution in [2.24, 2.45) is 0 Å². The summed E-state index contributed by atoms with van der Waals surface area (Å²) in [6.45, 7) is 32.1. The van der Waals surface area contributed by atoms with Crippen molar-refractivity contribution in [3.05, 3.63) is 57.6 Å². The van der Waals surface area contributed by atoms with E-state index in [1.807, 2.05) is 0 Å². The molecule has 1 radical (unpaired) electrons. The van der Waals surface area contributed by atoms with E-state index in [2.05, 4.69) is 127 Å². The Morgan fingerprint density at radius 1 is 0.595 bits per heavy atom. The van der Waals surface area contributed by atoms with Crippen LogP contribution < -0.4 is 9.68 Å². The number of nitrogens with zero attached hydrogens (tertiary/aromatic N) is 1. The van der Waals surface area contributed by atoms with E-state index in [0.717, 1.165) is 33.8 Å². The molecule has 4 nitrogen and oxygen atoms in total. The van der Waals surface area contributed by atoms with E-state index in [1.54, 1.807) is 6.92 Å². The van der Waals surface area contributed by atoms with Crippen LogP contribution in [0.15, 0.2) is 24.3 Å². The Morgan fingerprint density at radius 3 is 1.03 bits per heavy atom. The maximum atomic E-state index is 12.0. The first-order valence-corrected chi connectivity index (χ1v) is 13.4. The smallest absolute Gasteiger partial charge is 0.224 e. The summed E-state index contributed by atoms with van der Waals surface area (Å²) >= 11 is 0. The SMILES string of the molecule is Cc1cc(C(C)(C)C)c(ON(Oc2c(C(C)(C)C)cc(C)cc2C(C)(C)C)C(C)[C]=O)c(C(C)(C)C)c1. The molecule has 0 amide bonds. The first kappa shape index (κ1) is 30.9. The molecule has 0 N–H and O–H groups in total. The van der Waals surface area contributed by atoms with Crippen LogP contribution in [0.2, 0.25) is 0 Å². The molecule has 0 fully saturated rings. The molecule has 1 unspecified atom stereocenters. The Kier molecular flexibility index (Phi) is 8.72. The predicted molar refractivity (Wildman–Crippen MR) is 155 cm³/mol. The van der Waals surface area contributed by atoms with Gasteiger partial charge in [-0.3, -0.25) is 4.79 Å². The molecular formula is C33H50NO3. The highest BCUT2D eigenvalue weighted by Gasteiger charge is 2.34. The van der Waals surface area contributed by atoms with Crippen LogP contribution in [0.5, 0.6) is 11.5 Å². The van der Waals surface area contributed by atoms with Gasteiger partial charge in [-0.25, -0.2) is 0 Å². The highest BCUT2D eigenvalue weighted by atomic mass is 17.0. The second-order valence-corrected chi connectivity index (χ2v) is 14.6. The Balaban J connectivity index is 2.83. The van der Waals surface area contributed by atoms with Gasteiger partial charge in [0, 0.05) is 27.5 Å². The first-order valence-electron chi connectivity index (χ1n) is 13.4. The molecule has 205 valence electrons. The lowest BCUT2D eigenvalue weighted by molar-refractivity contribution is -0.268. The van der Waals surface area contributed by atoms with Crippen molar-refractivity contribution in [3.63, 3.8) is 0 Å². The van der Waals surface area contributed by atoms with Crippen LogP contribution in [0.3, 0.4) is 0 Å². The largest absolute Gasteiger partial charge is 0.370 e. The third kappa shape index (κ3) is 7.37. The van der Waals surface area contributed by atoms with Crippen molar-refractivity contribution in [3.8, 4) is 11.5 Å². The topological polar surface area (TPSA) is 38.8 Å². The Labute approximate surface area is 226 Å². The molecule has 4 heteroatoms. The Morgan fingerprint density at radius 2 is 0.838 bits per heavy atom. The van der Waals surface area contributed by atoms with Gasteiger partial charge in [0.15, 0.2) is 11.5 Å². The van der Waals surface area contributed by atoms with Crippen LogP contribution >= 0.6 is 0 Å². The van der Waals surface area contributed by atoms with Gasteiger partial charge in [0.1, 0.15) is 6.04 Å². The summed E-state index contributed by atoms with van der Waals surface area (Å²) in [6.07, 6.45) is 2.09. The Bertz CT molecular complexity index is 965. The fourth-order valence-electron chi connectivity index (χ4n) is 4.37. The van der Waals surface area contributed by atoms with Gasteiger partial charge in [0.05, 0.1) is 0 Å². The molecule has 0 saturated heterocycles. The molecule has 0 bridgehead atoms. The van der Waals surface area contributed by atoms with Crippen molar-refractivity contribution in [2.75, 3.05) is 0 Å². The molecule has 2 aromatic rings. The van der Waals surface area contributed by atoms with E-state index >= 15 is 0 Å². The van der Waals surface area contributed by atoms with Crippen molar-refractivity contribution in [1.82, 2.24) is 5.23 Å². The number of hydroxylamine groups is 2. The van der Waals surface area contributed by atoms with Crippen LogP contribution in [-0.4, -0.2) is 17.6 Å². The van der Waals surface area contributed by atoms with Crippen molar-refractivity contribution in [2.45, 2.75) is 132 Å². The van der Waals surface area contributed by atoms with E-state index in [-0.39, 0.29) is 21.7 Å². The molecular weight excluding hydrogens is 458 g/mol. The third-order valence-electron chi connectivity index (χ3n) is 6.55. The summed E-state index contributed by atoms with van der Waals surface area (Å²) in [5.41, 5.74) is 5.90. The lowest BCUT2D eigenvalue weighted by atomic mass is 9.78. The van der Waals surface area contributed by atoms with Gasteiger partial charge < -0.3 is 9.68 Å². The lowest BCUT2D eigenvalue weighted by Crippen LogP contribution is -2.42. The highest BCUT2D eigenvalue weighted by molar-refractivity contribution is 5.58. The van der Waals surface area contributed by atoms with E-state index in [0.29, 0.717) is 0 Å². The summed E-state index contributed by atoms with van der Waals surface area (Å²) in [4.78, 5) is 25.3. The number of rotatable bonds is 6. The van der Waals surface area contributed by atoms with Crippen LogP contribution in [0, 0.1) is 13.8 Å². The molecule has 0 aliphatic rings. The van der Waals surface area contributed by atoms with Crippen LogP contribution in [0.25, 0.3) is 0 Å².